The molecular weight excluding hydrogens is 599 g/mol. The van der Waals surface area contributed by atoms with Crippen molar-refractivity contribution in [1.29, 1.82) is 0 Å². The van der Waals surface area contributed by atoms with Crippen LogP contribution in [-0.2, 0) is 32.4 Å². The Morgan fingerprint density at radius 2 is 1.16 bits per heavy atom. The molecule has 0 aliphatic carbocycles. The number of primary sulfonamides is 1. The summed E-state index contributed by atoms with van der Waals surface area (Å²) in [7, 11) is -8.79. The summed E-state index contributed by atoms with van der Waals surface area (Å²) in [5.74, 6) is 0. The van der Waals surface area contributed by atoms with Gasteiger partial charge in [-0.2, -0.15) is 26.3 Å². The topological polar surface area (TPSA) is 135 Å². The first-order valence-corrected chi connectivity index (χ1v) is 13.2. The first-order chi connectivity index (χ1) is 16.3. The number of hydrogen-bond acceptors (Lipinski definition) is 5. The minimum Gasteiger partial charge on any atom is -0.333 e. The Morgan fingerprint density at radius 3 is 1.51 bits per heavy atom. The molecule has 0 fully saturated rings. The van der Waals surface area contributed by atoms with Gasteiger partial charge in [0.05, 0.1) is 21.2 Å². The maximum Gasteiger partial charge on any atom is 0.416 e. The van der Waals surface area contributed by atoms with Gasteiger partial charge < -0.3 is 5.32 Å². The van der Waals surface area contributed by atoms with Crippen molar-refractivity contribution in [2.24, 2.45) is 5.14 Å². The lowest BCUT2D eigenvalue weighted by atomic mass is 10.1. The molecule has 0 saturated carbocycles. The Hall–Kier alpha value is -2.27. The van der Waals surface area contributed by atoms with Gasteiger partial charge in [0.1, 0.15) is 9.79 Å². The van der Waals surface area contributed by atoms with E-state index < -0.39 is 69.9 Å². The highest BCUT2D eigenvalue weighted by atomic mass is 35.5. The summed E-state index contributed by atoms with van der Waals surface area (Å²) in [6.45, 7) is 4.82. The molecule has 208 valence electrons. The van der Waals surface area contributed by atoms with Crippen LogP contribution in [0.15, 0.2) is 46.2 Å². The van der Waals surface area contributed by atoms with Crippen molar-refractivity contribution >= 4 is 49.3 Å². The molecule has 18 heteroatoms. The highest BCUT2D eigenvalue weighted by Crippen LogP contribution is 2.34. The fraction of sp³-hybridized carbons (Fsp3) is 0.316. The van der Waals surface area contributed by atoms with E-state index in [1.807, 2.05) is 0 Å². The number of carbonyl (C=O) groups excluding carboxylic acids is 1. The van der Waals surface area contributed by atoms with Crippen LogP contribution in [0.1, 0.15) is 31.9 Å². The molecular formula is C19H19Cl2F6N3O5S2. The highest BCUT2D eigenvalue weighted by molar-refractivity contribution is 7.90. The number of nitrogens with two attached hydrogens (primary N) is 1. The molecule has 2 aromatic carbocycles. The maximum atomic E-state index is 12.6. The number of nitrogens with one attached hydrogen (secondary N) is 2. The van der Waals surface area contributed by atoms with E-state index in [0.29, 0.717) is 24.3 Å². The van der Waals surface area contributed by atoms with Crippen LogP contribution in [0.2, 0.25) is 10.0 Å². The fourth-order valence-corrected chi connectivity index (χ4v) is 4.83. The predicted octanol–water partition coefficient (Wildman–Crippen LogP) is 5.15. The molecule has 0 aliphatic heterocycles. The molecule has 0 saturated heterocycles. The maximum absolute atomic E-state index is 12.6. The van der Waals surface area contributed by atoms with Crippen LogP contribution in [-0.4, -0.2) is 28.4 Å². The molecule has 0 bridgehead atoms. The number of rotatable bonds is 3. The summed E-state index contributed by atoms with van der Waals surface area (Å²) in [5.41, 5.74) is -3.03. The molecule has 4 N–H and O–H groups in total. The van der Waals surface area contributed by atoms with Crippen LogP contribution in [0.4, 0.5) is 31.1 Å². The van der Waals surface area contributed by atoms with Crippen LogP contribution in [0, 0.1) is 0 Å². The van der Waals surface area contributed by atoms with E-state index in [0.717, 1.165) is 12.1 Å². The van der Waals surface area contributed by atoms with Gasteiger partial charge in [-0.1, -0.05) is 23.2 Å². The highest BCUT2D eigenvalue weighted by Gasteiger charge is 2.34. The smallest absolute Gasteiger partial charge is 0.333 e. The third-order valence-electron chi connectivity index (χ3n) is 3.83. The second-order valence-electron chi connectivity index (χ2n) is 8.14. The third-order valence-corrected chi connectivity index (χ3v) is 7.03. The summed E-state index contributed by atoms with van der Waals surface area (Å²) >= 11 is 11.0. The number of alkyl halides is 6. The van der Waals surface area contributed by atoms with Gasteiger partial charge in [0, 0.05) is 5.54 Å². The fourth-order valence-electron chi connectivity index (χ4n) is 2.33. The summed E-state index contributed by atoms with van der Waals surface area (Å²) in [5, 5.41) is 6.24. The second-order valence-corrected chi connectivity index (χ2v) is 12.1. The first-order valence-electron chi connectivity index (χ1n) is 9.46. The van der Waals surface area contributed by atoms with Gasteiger partial charge in [-0.3, -0.25) is 0 Å². The Balaban J connectivity index is 0.000000397. The Bertz CT molecular complexity index is 1370. The molecule has 0 aliphatic rings. The lowest BCUT2D eigenvalue weighted by Crippen LogP contribution is -2.48. The minimum atomic E-state index is -4.73. The summed E-state index contributed by atoms with van der Waals surface area (Å²) in [4.78, 5) is 10.0. The number of benzene rings is 2. The summed E-state index contributed by atoms with van der Waals surface area (Å²) in [6.07, 6.45) is -9.37. The van der Waals surface area contributed by atoms with Crippen LogP contribution in [0.25, 0.3) is 0 Å². The Morgan fingerprint density at radius 1 is 0.784 bits per heavy atom. The van der Waals surface area contributed by atoms with Crippen LogP contribution >= 0.6 is 23.2 Å². The lowest BCUT2D eigenvalue weighted by Gasteiger charge is -2.21. The largest absolute Gasteiger partial charge is 0.416 e. The zero-order valence-corrected chi connectivity index (χ0v) is 22.1. The number of halogens is 8. The van der Waals surface area contributed by atoms with Crippen LogP contribution in [0.5, 0.6) is 0 Å². The molecule has 2 rings (SSSR count). The van der Waals surface area contributed by atoms with Crippen molar-refractivity contribution in [3.8, 4) is 0 Å². The van der Waals surface area contributed by atoms with Gasteiger partial charge in [-0.05, 0) is 57.2 Å². The molecule has 0 unspecified atom stereocenters. The Kier molecular flexibility index (Phi) is 9.94. The van der Waals surface area contributed by atoms with Gasteiger partial charge in [0.15, 0.2) is 0 Å². The molecule has 2 aromatic rings. The average molecular weight is 618 g/mol. The second kappa shape index (κ2) is 11.2. The van der Waals surface area contributed by atoms with Gasteiger partial charge in [-0.15, -0.1) is 0 Å². The molecule has 0 heterocycles. The van der Waals surface area contributed by atoms with Crippen molar-refractivity contribution in [2.45, 2.75) is 48.5 Å². The predicted molar refractivity (Wildman–Crippen MR) is 123 cm³/mol. The van der Waals surface area contributed by atoms with Crippen molar-refractivity contribution < 1.29 is 48.0 Å². The van der Waals surface area contributed by atoms with Crippen molar-refractivity contribution in [3.63, 3.8) is 0 Å². The average Bonchev–Trinajstić information content (AvgIpc) is 2.64. The Labute approximate surface area is 218 Å². The van der Waals surface area contributed by atoms with Gasteiger partial charge in [-0.25, -0.2) is 31.5 Å². The van der Waals surface area contributed by atoms with E-state index in [2.05, 4.69) is 5.32 Å². The molecule has 8 nitrogen and oxygen atoms in total. The van der Waals surface area contributed by atoms with Crippen LogP contribution < -0.4 is 15.2 Å². The monoisotopic (exact) mass is 617 g/mol. The van der Waals surface area contributed by atoms with E-state index in [1.54, 1.807) is 25.5 Å². The molecule has 0 radical (unpaired) electrons. The lowest BCUT2D eigenvalue weighted by molar-refractivity contribution is -0.138. The number of amides is 2. The van der Waals surface area contributed by atoms with E-state index >= 15 is 0 Å². The van der Waals surface area contributed by atoms with Crippen LogP contribution in [0.3, 0.4) is 0 Å². The SMILES string of the molecule is CC(C)(C)NC(=O)NS(=O)(=O)c1cc(C(F)(F)F)ccc1Cl.NS(=O)(=O)c1cc(C(F)(F)F)ccc1Cl. The third kappa shape index (κ3) is 10.2. The number of urea groups is 1. The molecule has 37 heavy (non-hydrogen) atoms. The van der Waals surface area contributed by atoms with E-state index in [1.165, 1.54) is 0 Å². The zero-order chi connectivity index (χ0) is 29.2. The molecule has 2 amide bonds. The van der Waals surface area contributed by atoms with Crippen molar-refractivity contribution in [3.05, 3.63) is 57.6 Å². The zero-order valence-electron chi connectivity index (χ0n) is 18.9. The summed E-state index contributed by atoms with van der Waals surface area (Å²) < 4.78 is 122. The normalized spacial score (nSPS) is 12.9. The molecule has 0 aromatic heterocycles. The van der Waals surface area contributed by atoms with Crippen molar-refractivity contribution in [2.75, 3.05) is 0 Å². The first kappa shape index (κ1) is 32.8. The van der Waals surface area contributed by atoms with E-state index in [9.17, 15) is 48.0 Å². The molecule has 0 spiro atoms. The number of hydrogen-bond donors (Lipinski definition) is 3. The van der Waals surface area contributed by atoms with Gasteiger partial charge >= 0.3 is 18.4 Å². The standard InChI is InChI=1S/C12H14ClF3N2O3S.C7H5ClF3NO2S/c1-11(2,3)17-10(19)18-22(20,21)9-6-7(12(14,15)16)4-5-8(9)13;8-5-2-1-4(7(9,10)11)3-6(5)15(12,13)14/h4-6H,1-3H3,(H2,17,18,19);1-3H,(H2,12,13,14). The van der Waals surface area contributed by atoms with E-state index in [4.69, 9.17) is 28.3 Å². The quantitative estimate of drug-likeness (QED) is 0.409. The molecule has 0 atom stereocenters. The number of carbonyl (C=O) groups is 1. The number of sulfonamides is 2. The van der Waals surface area contributed by atoms with Gasteiger partial charge in [0.25, 0.3) is 10.0 Å². The minimum absolute atomic E-state index is 0.342. The van der Waals surface area contributed by atoms with Gasteiger partial charge in [0.2, 0.25) is 10.0 Å². The van der Waals surface area contributed by atoms with E-state index in [-0.39, 0.29) is 5.02 Å². The van der Waals surface area contributed by atoms with Crippen molar-refractivity contribution in [1.82, 2.24) is 10.0 Å². The summed E-state index contributed by atoms with van der Waals surface area (Å²) in [6, 6.07) is 2.67.